The number of carbonyl (C=O) groups excluding carboxylic acids is 1. The van der Waals surface area contributed by atoms with Crippen LogP contribution >= 0.6 is 11.3 Å². The zero-order valence-electron chi connectivity index (χ0n) is 7.60. The number of likely N-dealkylation sites (N-methyl/N-ethyl adjacent to an activating group) is 1. The Bertz CT molecular complexity index is 419. The lowest BCUT2D eigenvalue weighted by molar-refractivity contribution is -0.114. The van der Waals surface area contributed by atoms with Gasteiger partial charge in [0.15, 0.2) is 0 Å². The molecule has 2 rings (SSSR count). The van der Waals surface area contributed by atoms with Gasteiger partial charge in [-0.15, -0.1) is 11.3 Å². The van der Waals surface area contributed by atoms with Gasteiger partial charge in [0, 0.05) is 11.9 Å². The molecule has 5 heteroatoms. The van der Waals surface area contributed by atoms with Gasteiger partial charge in [0.25, 0.3) is 5.91 Å². The average molecular weight is 207 g/mol. The number of guanidine groups is 1. The maximum absolute atomic E-state index is 11.3. The van der Waals surface area contributed by atoms with Crippen molar-refractivity contribution in [2.45, 2.75) is 0 Å². The lowest BCUT2D eigenvalue weighted by Gasteiger charge is -2.10. The molecule has 0 spiro atoms. The molecule has 2 heterocycles. The van der Waals surface area contributed by atoms with Crippen LogP contribution < -0.4 is 5.73 Å². The average Bonchev–Trinajstić information content (AvgIpc) is 2.71. The van der Waals surface area contributed by atoms with Crippen molar-refractivity contribution in [2.75, 3.05) is 7.05 Å². The topological polar surface area (TPSA) is 58.7 Å². The molecule has 1 aromatic rings. The fourth-order valence-electron chi connectivity index (χ4n) is 1.17. The van der Waals surface area contributed by atoms with Crippen molar-refractivity contribution in [2.24, 2.45) is 10.7 Å². The summed E-state index contributed by atoms with van der Waals surface area (Å²) in [5, 5.41) is 1.95. The van der Waals surface area contributed by atoms with Crippen LogP contribution in [0, 0.1) is 0 Å². The molecular formula is C9H9N3OS. The summed E-state index contributed by atoms with van der Waals surface area (Å²) in [5.41, 5.74) is 6.02. The van der Waals surface area contributed by atoms with Crippen molar-refractivity contribution in [3.05, 3.63) is 28.1 Å². The first kappa shape index (κ1) is 8.96. The van der Waals surface area contributed by atoms with Gasteiger partial charge < -0.3 is 10.6 Å². The number of hydrogen-bond acceptors (Lipinski definition) is 4. The van der Waals surface area contributed by atoms with Crippen LogP contribution in [0.2, 0.25) is 0 Å². The van der Waals surface area contributed by atoms with E-state index >= 15 is 0 Å². The van der Waals surface area contributed by atoms with Crippen LogP contribution in [0.25, 0.3) is 6.08 Å². The van der Waals surface area contributed by atoms with Crippen LogP contribution in [0.3, 0.4) is 0 Å². The molecule has 0 bridgehead atoms. The van der Waals surface area contributed by atoms with E-state index in [1.165, 1.54) is 0 Å². The molecule has 0 fully saturated rings. The van der Waals surface area contributed by atoms with Crippen molar-refractivity contribution < 1.29 is 4.79 Å². The summed E-state index contributed by atoms with van der Waals surface area (Å²) >= 11 is 1.57. The molecule has 14 heavy (non-hydrogen) atoms. The number of hydrogen-bond donors (Lipinski definition) is 1. The third-order valence-corrected chi connectivity index (χ3v) is 2.78. The largest absolute Gasteiger partial charge is 0.369 e. The minimum atomic E-state index is -0.279. The van der Waals surface area contributed by atoms with E-state index in [4.69, 9.17) is 5.73 Å². The number of aliphatic imine (C=N–C) groups is 1. The van der Waals surface area contributed by atoms with Crippen LogP contribution in [0.15, 0.2) is 28.2 Å². The highest BCUT2D eigenvalue weighted by Gasteiger charge is 2.23. The third-order valence-electron chi connectivity index (χ3n) is 1.96. The summed E-state index contributed by atoms with van der Waals surface area (Å²) in [6.45, 7) is 0. The zero-order chi connectivity index (χ0) is 10.1. The Labute approximate surface area is 85.4 Å². The molecule has 1 aliphatic rings. The first-order chi connectivity index (χ1) is 6.68. The van der Waals surface area contributed by atoms with Crippen LogP contribution in [0.1, 0.15) is 4.88 Å². The van der Waals surface area contributed by atoms with Gasteiger partial charge in [-0.2, -0.15) is 4.99 Å². The summed E-state index contributed by atoms with van der Waals surface area (Å²) in [6, 6.07) is 3.87. The maximum Gasteiger partial charge on any atom is 0.296 e. The van der Waals surface area contributed by atoms with E-state index in [0.29, 0.717) is 5.70 Å². The molecule has 1 aromatic heterocycles. The van der Waals surface area contributed by atoms with Crippen molar-refractivity contribution in [3.8, 4) is 0 Å². The first-order valence-corrected chi connectivity index (χ1v) is 4.94. The lowest BCUT2D eigenvalue weighted by atomic mass is 10.3. The molecular weight excluding hydrogens is 198 g/mol. The second-order valence-electron chi connectivity index (χ2n) is 2.88. The molecule has 0 saturated carbocycles. The second kappa shape index (κ2) is 3.26. The van der Waals surface area contributed by atoms with Crippen LogP contribution in [0.4, 0.5) is 0 Å². The Balaban J connectivity index is 2.33. The number of rotatable bonds is 1. The molecule has 4 nitrogen and oxygen atoms in total. The van der Waals surface area contributed by atoms with Crippen LogP contribution in [0.5, 0.6) is 0 Å². The summed E-state index contributed by atoms with van der Waals surface area (Å²) in [6.07, 6.45) is 1.79. The molecule has 0 unspecified atom stereocenters. The number of nitrogens with two attached hydrogens (primary N) is 1. The van der Waals surface area contributed by atoms with Crippen molar-refractivity contribution in [1.82, 2.24) is 4.90 Å². The van der Waals surface area contributed by atoms with Gasteiger partial charge in [-0.1, -0.05) is 6.07 Å². The van der Waals surface area contributed by atoms with E-state index < -0.39 is 0 Å². The predicted octanol–water partition coefficient (Wildman–Crippen LogP) is 0.876. The van der Waals surface area contributed by atoms with Gasteiger partial charge in [-0.3, -0.25) is 4.79 Å². The molecule has 1 amide bonds. The minimum Gasteiger partial charge on any atom is -0.369 e. The Morgan fingerprint density at radius 2 is 2.43 bits per heavy atom. The number of nitrogens with zero attached hydrogens (tertiary/aromatic N) is 2. The van der Waals surface area contributed by atoms with E-state index in [2.05, 4.69) is 4.99 Å². The van der Waals surface area contributed by atoms with Crippen molar-refractivity contribution >= 4 is 29.3 Å². The van der Waals surface area contributed by atoms with E-state index in [1.54, 1.807) is 29.4 Å². The molecule has 0 aromatic carbocycles. The van der Waals surface area contributed by atoms with Gasteiger partial charge in [0.2, 0.25) is 5.96 Å². The summed E-state index contributed by atoms with van der Waals surface area (Å²) in [4.78, 5) is 17.6. The lowest BCUT2D eigenvalue weighted by Crippen LogP contribution is -2.28. The molecule has 0 aliphatic carbocycles. The Morgan fingerprint density at radius 3 is 2.93 bits per heavy atom. The van der Waals surface area contributed by atoms with E-state index in [0.717, 1.165) is 4.88 Å². The highest BCUT2D eigenvalue weighted by molar-refractivity contribution is 7.10. The molecule has 0 atom stereocenters. The van der Waals surface area contributed by atoms with Gasteiger partial charge in [0.1, 0.15) is 5.70 Å². The Hall–Kier alpha value is -1.62. The maximum atomic E-state index is 11.3. The molecule has 2 N–H and O–H groups in total. The highest BCUT2D eigenvalue weighted by atomic mass is 32.1. The molecule has 1 aliphatic heterocycles. The smallest absolute Gasteiger partial charge is 0.296 e. The quantitative estimate of drug-likeness (QED) is 0.695. The Kier molecular flexibility index (Phi) is 2.09. The molecule has 0 radical (unpaired) electrons. The second-order valence-corrected chi connectivity index (χ2v) is 3.86. The fourth-order valence-corrected chi connectivity index (χ4v) is 1.82. The van der Waals surface area contributed by atoms with Crippen LogP contribution in [-0.2, 0) is 4.79 Å². The van der Waals surface area contributed by atoms with E-state index in [9.17, 15) is 4.79 Å². The number of amides is 1. The van der Waals surface area contributed by atoms with Crippen molar-refractivity contribution in [3.63, 3.8) is 0 Å². The van der Waals surface area contributed by atoms with Crippen LogP contribution in [-0.4, -0.2) is 23.8 Å². The minimum absolute atomic E-state index is 0.248. The standard InChI is InChI=1S/C9H9N3OS/c1-12-7(8(13)11-9(12)10)5-6-3-2-4-14-6/h2-5H,1H3,(H2,10,11,13)/b7-5+. The summed E-state index contributed by atoms with van der Waals surface area (Å²) in [5.74, 6) is -0.0313. The van der Waals surface area contributed by atoms with Gasteiger partial charge in [-0.05, 0) is 17.5 Å². The van der Waals surface area contributed by atoms with Crippen molar-refractivity contribution in [1.29, 1.82) is 0 Å². The van der Waals surface area contributed by atoms with Gasteiger partial charge in [-0.25, -0.2) is 0 Å². The Morgan fingerprint density at radius 1 is 1.64 bits per heavy atom. The summed E-state index contributed by atoms with van der Waals surface area (Å²) in [7, 11) is 1.73. The highest BCUT2D eigenvalue weighted by Crippen LogP contribution is 2.18. The number of thiophene rings is 1. The summed E-state index contributed by atoms with van der Waals surface area (Å²) < 4.78 is 0. The van der Waals surface area contributed by atoms with Gasteiger partial charge in [0.05, 0.1) is 0 Å². The van der Waals surface area contributed by atoms with E-state index in [-0.39, 0.29) is 11.9 Å². The van der Waals surface area contributed by atoms with Gasteiger partial charge >= 0.3 is 0 Å². The third kappa shape index (κ3) is 1.42. The predicted molar refractivity (Wildman–Crippen MR) is 56.7 cm³/mol. The first-order valence-electron chi connectivity index (χ1n) is 4.06. The van der Waals surface area contributed by atoms with E-state index in [1.807, 2.05) is 17.5 Å². The normalized spacial score (nSPS) is 19.2. The molecule has 0 saturated heterocycles. The monoisotopic (exact) mass is 207 g/mol. The zero-order valence-corrected chi connectivity index (χ0v) is 8.41. The molecule has 72 valence electrons. The number of carbonyl (C=O) groups is 1. The fraction of sp³-hybridized carbons (Fsp3) is 0.111. The SMILES string of the molecule is CN1C(N)=NC(=O)/C1=C\c1cccs1.